The van der Waals surface area contributed by atoms with E-state index in [1.54, 1.807) is 12.4 Å². The third kappa shape index (κ3) is 5.38. The summed E-state index contributed by atoms with van der Waals surface area (Å²) in [5.41, 5.74) is 11.9. The topological polar surface area (TPSA) is 101 Å². The molecule has 0 atom stereocenters. The third-order valence-corrected chi connectivity index (χ3v) is 1.81. The maximum Gasteiger partial charge on any atom is 0.223 e. The Morgan fingerprint density at radius 2 is 1.89 bits per heavy atom. The smallest absolute Gasteiger partial charge is 0.223 e. The lowest BCUT2D eigenvalue weighted by Gasteiger charge is -2.00. The van der Waals surface area contributed by atoms with E-state index in [1.807, 2.05) is 27.7 Å². The highest BCUT2D eigenvalue weighted by Crippen LogP contribution is 2.13. The molecule has 0 aliphatic carbocycles. The number of rotatable bonds is 2. The maximum atomic E-state index is 5.74. The number of nitrogens with two attached hydrogens (primary N) is 2. The molecule has 0 bridgehead atoms. The first kappa shape index (κ1) is 16.0. The zero-order valence-corrected chi connectivity index (χ0v) is 11.5. The number of hydrogen-bond acceptors (Lipinski definition) is 6. The first-order valence-electron chi connectivity index (χ1n) is 6.09. The van der Waals surface area contributed by atoms with Crippen molar-refractivity contribution in [3.05, 3.63) is 11.5 Å². The number of amidine groups is 1. The molecule has 0 aromatic rings. The van der Waals surface area contributed by atoms with E-state index in [2.05, 4.69) is 20.0 Å². The normalized spacial score (nSPS) is 16.2. The molecule has 6 nitrogen and oxygen atoms in total. The molecule has 18 heavy (non-hydrogen) atoms. The predicted molar refractivity (Wildman–Crippen MR) is 79.2 cm³/mol. The average molecular weight is 250 g/mol. The molecule has 0 aromatic carbocycles. The van der Waals surface area contributed by atoms with Gasteiger partial charge in [-0.25, -0.2) is 4.99 Å². The Hall–Kier alpha value is -1.98. The Morgan fingerprint density at radius 1 is 1.22 bits per heavy atom. The molecule has 0 unspecified atom stereocenters. The van der Waals surface area contributed by atoms with Gasteiger partial charge in [-0.2, -0.15) is 9.98 Å². The Bertz CT molecular complexity index is 401. The van der Waals surface area contributed by atoms with Crippen LogP contribution in [0.2, 0.25) is 0 Å². The van der Waals surface area contributed by atoms with Crippen LogP contribution in [0.1, 0.15) is 40.5 Å². The second-order valence-electron chi connectivity index (χ2n) is 3.11. The van der Waals surface area contributed by atoms with Crippen LogP contribution in [0.25, 0.3) is 0 Å². The second-order valence-corrected chi connectivity index (χ2v) is 3.11. The summed E-state index contributed by atoms with van der Waals surface area (Å²) in [5.74, 6) is 0.972. The van der Waals surface area contributed by atoms with Crippen LogP contribution < -0.4 is 11.5 Å². The molecule has 100 valence electrons. The highest BCUT2D eigenvalue weighted by atomic mass is 15.1. The highest BCUT2D eigenvalue weighted by molar-refractivity contribution is 6.00. The number of aliphatic imine (C=N–C) groups is 4. The number of guanidine groups is 1. The van der Waals surface area contributed by atoms with Crippen LogP contribution in [0.3, 0.4) is 0 Å². The minimum atomic E-state index is 0.111. The van der Waals surface area contributed by atoms with Crippen LogP contribution in [0, 0.1) is 0 Å². The zero-order valence-electron chi connectivity index (χ0n) is 11.5. The lowest BCUT2D eigenvalue weighted by atomic mass is 10.3. The SMILES string of the molecule is CC.CC=NC1=NC(N)=NC(N)=C(N=CCC)C1. The van der Waals surface area contributed by atoms with Crippen molar-refractivity contribution in [2.24, 2.45) is 31.4 Å². The van der Waals surface area contributed by atoms with Gasteiger partial charge in [0.1, 0.15) is 11.7 Å². The molecule has 0 amide bonds. The molecule has 0 saturated carbocycles. The summed E-state index contributed by atoms with van der Waals surface area (Å²) >= 11 is 0. The van der Waals surface area contributed by atoms with Crippen molar-refractivity contribution in [1.82, 2.24) is 0 Å². The van der Waals surface area contributed by atoms with Crippen LogP contribution in [-0.2, 0) is 0 Å². The van der Waals surface area contributed by atoms with Crippen molar-refractivity contribution in [2.75, 3.05) is 0 Å². The molecule has 0 radical (unpaired) electrons. The van der Waals surface area contributed by atoms with Gasteiger partial charge in [0.05, 0.1) is 12.1 Å². The summed E-state index contributed by atoms with van der Waals surface area (Å²) in [6.07, 6.45) is 4.69. The van der Waals surface area contributed by atoms with E-state index in [4.69, 9.17) is 11.5 Å². The quantitative estimate of drug-likeness (QED) is 0.730. The molecule has 1 rings (SSSR count). The Morgan fingerprint density at radius 3 is 2.44 bits per heavy atom. The average Bonchev–Trinajstić information content (AvgIpc) is 2.48. The van der Waals surface area contributed by atoms with Crippen molar-refractivity contribution < 1.29 is 0 Å². The second kappa shape index (κ2) is 9.09. The standard InChI is InChI=1S/C10H16N6.C2H6/c1-3-5-14-7-6-8(13-4-2)15-10(12)16-9(7)11;1-2/h4-5H,3,6,11H2,1-2H3,(H2,12,16);1-2H3. The fourth-order valence-electron chi connectivity index (χ4n) is 1.16. The van der Waals surface area contributed by atoms with E-state index >= 15 is 0 Å². The molecule has 4 N–H and O–H groups in total. The molecule has 1 aliphatic heterocycles. The van der Waals surface area contributed by atoms with Gasteiger partial charge in [0.25, 0.3) is 0 Å². The van der Waals surface area contributed by atoms with Gasteiger partial charge < -0.3 is 11.5 Å². The summed E-state index contributed by atoms with van der Waals surface area (Å²) in [5, 5.41) is 0. The van der Waals surface area contributed by atoms with Crippen molar-refractivity contribution in [1.29, 1.82) is 0 Å². The highest BCUT2D eigenvalue weighted by Gasteiger charge is 2.11. The summed E-state index contributed by atoms with van der Waals surface area (Å²) < 4.78 is 0. The van der Waals surface area contributed by atoms with Gasteiger partial charge >= 0.3 is 0 Å². The monoisotopic (exact) mass is 250 g/mol. The van der Waals surface area contributed by atoms with Crippen molar-refractivity contribution in [3.8, 4) is 0 Å². The maximum absolute atomic E-state index is 5.74. The molecular weight excluding hydrogens is 228 g/mol. The Kier molecular flexibility index (Phi) is 8.09. The molecule has 1 aliphatic rings. The minimum Gasteiger partial charge on any atom is -0.382 e. The Labute approximate surface area is 108 Å². The van der Waals surface area contributed by atoms with Gasteiger partial charge in [0.15, 0.2) is 0 Å². The molecule has 1 heterocycles. The lowest BCUT2D eigenvalue weighted by Crippen LogP contribution is -2.11. The number of hydrogen-bond donors (Lipinski definition) is 2. The largest absolute Gasteiger partial charge is 0.382 e. The summed E-state index contributed by atoms with van der Waals surface area (Å²) in [7, 11) is 0. The van der Waals surface area contributed by atoms with Crippen molar-refractivity contribution in [2.45, 2.75) is 40.5 Å². The fourth-order valence-corrected chi connectivity index (χ4v) is 1.16. The van der Waals surface area contributed by atoms with Crippen LogP contribution in [0.4, 0.5) is 0 Å². The summed E-state index contributed by atoms with van der Waals surface area (Å²) in [6, 6.07) is 0. The first-order valence-corrected chi connectivity index (χ1v) is 6.09. The van der Waals surface area contributed by atoms with Gasteiger partial charge in [-0.1, -0.05) is 20.8 Å². The molecule has 0 spiro atoms. The third-order valence-electron chi connectivity index (χ3n) is 1.81. The Balaban J connectivity index is 0.00000137. The van der Waals surface area contributed by atoms with E-state index in [0.717, 1.165) is 6.42 Å². The van der Waals surface area contributed by atoms with Gasteiger partial charge in [-0.15, -0.1) is 0 Å². The predicted octanol–water partition coefficient (Wildman–Crippen LogP) is 1.83. The van der Waals surface area contributed by atoms with Gasteiger partial charge in [-0.3, -0.25) is 4.99 Å². The van der Waals surface area contributed by atoms with E-state index in [1.165, 1.54) is 0 Å². The minimum absolute atomic E-state index is 0.111. The molecular formula is C12H22N6. The molecule has 0 saturated heterocycles. The number of nitrogens with zero attached hydrogens (tertiary/aromatic N) is 4. The van der Waals surface area contributed by atoms with E-state index in [-0.39, 0.29) is 5.96 Å². The van der Waals surface area contributed by atoms with Crippen LogP contribution in [-0.4, -0.2) is 24.2 Å². The van der Waals surface area contributed by atoms with Gasteiger partial charge in [0, 0.05) is 12.4 Å². The summed E-state index contributed by atoms with van der Waals surface area (Å²) in [4.78, 5) is 16.3. The van der Waals surface area contributed by atoms with Crippen LogP contribution in [0.5, 0.6) is 0 Å². The first-order chi connectivity index (χ1) is 8.67. The van der Waals surface area contributed by atoms with Crippen molar-refractivity contribution >= 4 is 24.2 Å². The molecule has 6 heteroatoms. The van der Waals surface area contributed by atoms with Gasteiger partial charge in [0.2, 0.25) is 5.96 Å². The molecule has 0 aromatic heterocycles. The lowest BCUT2D eigenvalue weighted by molar-refractivity contribution is 1.08. The summed E-state index contributed by atoms with van der Waals surface area (Å²) in [6.45, 7) is 7.80. The van der Waals surface area contributed by atoms with Crippen LogP contribution >= 0.6 is 0 Å². The molecule has 0 fully saturated rings. The van der Waals surface area contributed by atoms with Crippen LogP contribution in [0.15, 0.2) is 31.5 Å². The van der Waals surface area contributed by atoms with E-state index in [0.29, 0.717) is 23.8 Å². The van der Waals surface area contributed by atoms with E-state index in [9.17, 15) is 0 Å². The zero-order chi connectivity index (χ0) is 14.0. The van der Waals surface area contributed by atoms with Gasteiger partial charge in [-0.05, 0) is 13.3 Å². The van der Waals surface area contributed by atoms with E-state index < -0.39 is 0 Å². The fraction of sp³-hybridized carbons (Fsp3) is 0.500. The van der Waals surface area contributed by atoms with Crippen molar-refractivity contribution in [3.63, 3.8) is 0 Å².